The molecular weight excluding hydrogens is 1250 g/mol. The van der Waals surface area contributed by atoms with Gasteiger partial charge in [0.15, 0.2) is 23.1 Å². The Labute approximate surface area is 555 Å². The molecule has 3 aliphatic heterocycles. The average Bonchev–Trinajstić information content (AvgIpc) is 0.978. The van der Waals surface area contributed by atoms with E-state index in [2.05, 4.69) is 26.2 Å². The summed E-state index contributed by atoms with van der Waals surface area (Å²) in [6.07, 6.45) is -5.21. The molecule has 0 spiro atoms. The Morgan fingerprint density at radius 3 is 1.77 bits per heavy atom. The molecule has 1 aliphatic carbocycles. The number of nitrogens with zero attached hydrogens (tertiary/aromatic N) is 3. The quantitative estimate of drug-likeness (QED) is 0.00604. The number of carbonyl (C=O) groups is 4. The van der Waals surface area contributed by atoms with Crippen LogP contribution in [0, 0.1) is 0 Å². The summed E-state index contributed by atoms with van der Waals surface area (Å²) in [5.41, 5.74) is 4.81. The largest absolute Gasteiger partial charge is 0.508 e. The van der Waals surface area contributed by atoms with E-state index in [1.807, 2.05) is 43.3 Å². The van der Waals surface area contributed by atoms with Gasteiger partial charge in [-0.1, -0.05) is 70.3 Å². The zero-order valence-electron chi connectivity index (χ0n) is 53.3. The van der Waals surface area contributed by atoms with Gasteiger partial charge in [-0.15, -0.1) is 0 Å². The molecule has 2 fully saturated rings. The fraction of sp³-hybridized carbons (Fsp3) is 0.478. The highest BCUT2D eigenvalue weighted by molar-refractivity contribution is 7.80. The summed E-state index contributed by atoms with van der Waals surface area (Å²) < 4.78 is 33.9. The smallest absolute Gasteiger partial charge is 0.336 e. The number of azo groups is 1. The van der Waals surface area contributed by atoms with Gasteiger partial charge in [0.25, 0.3) is 5.91 Å². The van der Waals surface area contributed by atoms with Crippen LogP contribution in [0.15, 0.2) is 123 Å². The lowest BCUT2D eigenvalue weighted by molar-refractivity contribution is -0.353. The van der Waals surface area contributed by atoms with Crippen molar-refractivity contribution in [3.8, 4) is 28.2 Å². The summed E-state index contributed by atoms with van der Waals surface area (Å²) in [6, 6.07) is 28.2. The molecule has 0 bridgehead atoms. The molecular formula is C69H86N6O19S. The number of ether oxygens (including phenoxy) is 5. The van der Waals surface area contributed by atoms with E-state index >= 15 is 0 Å². The lowest BCUT2D eigenvalue weighted by Gasteiger charge is -2.41. The second-order valence-electron chi connectivity index (χ2n) is 24.0. The first-order chi connectivity index (χ1) is 45.7. The van der Waals surface area contributed by atoms with Crippen LogP contribution in [0.2, 0.25) is 0 Å². The number of carboxylic acids is 1. The number of rotatable bonds is 33. The van der Waals surface area contributed by atoms with Crippen LogP contribution in [0.5, 0.6) is 5.75 Å². The van der Waals surface area contributed by atoms with Gasteiger partial charge in [-0.05, 0) is 128 Å². The van der Waals surface area contributed by atoms with E-state index in [0.717, 1.165) is 88.4 Å². The molecule has 0 aromatic heterocycles. The van der Waals surface area contributed by atoms with Crippen molar-refractivity contribution >= 4 is 74.9 Å². The highest BCUT2D eigenvalue weighted by atomic mass is 32.1. The van der Waals surface area contributed by atoms with Crippen molar-refractivity contribution < 1.29 is 88.1 Å². The highest BCUT2D eigenvalue weighted by Gasteiger charge is 2.48. The number of phenolic OH excluding ortho intramolecular Hbond substituents is 1. The minimum absolute atomic E-state index is 0.0191. The topological polar surface area (TPSA) is 371 Å². The number of thiocarbonyl (C=S) groups is 1. The second kappa shape index (κ2) is 36.2. The first-order valence-electron chi connectivity index (χ1n) is 32.3. The van der Waals surface area contributed by atoms with Crippen molar-refractivity contribution in [2.24, 2.45) is 10.2 Å². The minimum atomic E-state index is -1.87. The van der Waals surface area contributed by atoms with Crippen molar-refractivity contribution in [1.29, 1.82) is 0 Å². The van der Waals surface area contributed by atoms with E-state index in [1.165, 1.54) is 30.3 Å². The van der Waals surface area contributed by atoms with Crippen LogP contribution in [-0.2, 0) is 33.3 Å². The molecule has 4 aromatic carbocycles. The molecule has 8 rings (SSSR count). The van der Waals surface area contributed by atoms with Gasteiger partial charge in [-0.2, -0.15) is 10.2 Å². The molecule has 3 heterocycles. The minimum Gasteiger partial charge on any atom is -0.508 e. The Balaban J connectivity index is 0.656. The van der Waals surface area contributed by atoms with Gasteiger partial charge in [0.2, 0.25) is 0 Å². The van der Waals surface area contributed by atoms with Crippen molar-refractivity contribution in [3.63, 3.8) is 0 Å². The number of hydrogen-bond acceptors (Lipinski definition) is 22. The van der Waals surface area contributed by atoms with Gasteiger partial charge >= 0.3 is 17.9 Å². The van der Waals surface area contributed by atoms with Crippen molar-refractivity contribution in [3.05, 3.63) is 124 Å². The Hall–Kier alpha value is -8.02. The van der Waals surface area contributed by atoms with E-state index in [4.69, 9.17) is 40.3 Å². The number of aliphatic hydroxyl groups is 6. The number of phenols is 1. The van der Waals surface area contributed by atoms with Crippen LogP contribution in [0.25, 0.3) is 33.4 Å². The summed E-state index contributed by atoms with van der Waals surface area (Å²) in [6.45, 7) is 0.0709. The van der Waals surface area contributed by atoms with E-state index < -0.39 is 99.0 Å². The number of nitrogens with one attached hydrogen (secondary N) is 3. The Morgan fingerprint density at radius 2 is 1.16 bits per heavy atom. The first kappa shape index (κ1) is 72.8. The monoisotopic (exact) mass is 1330 g/mol. The van der Waals surface area contributed by atoms with Gasteiger partial charge in [0.05, 0.1) is 23.0 Å². The van der Waals surface area contributed by atoms with Gasteiger partial charge in [-0.3, -0.25) is 19.2 Å². The number of hydrogen-bond donors (Lipinski definition) is 11. The number of anilines is 2. The number of amides is 1. The van der Waals surface area contributed by atoms with E-state index in [-0.39, 0.29) is 46.8 Å². The van der Waals surface area contributed by atoms with Crippen LogP contribution in [0.1, 0.15) is 130 Å². The molecule has 26 heteroatoms. The molecule has 6 unspecified atom stereocenters. The number of fused-ring (bicyclic) bond motifs is 2. The molecule has 512 valence electrons. The van der Waals surface area contributed by atoms with Gasteiger partial charge < -0.3 is 89.8 Å². The van der Waals surface area contributed by atoms with Crippen LogP contribution >= 0.6 is 12.2 Å². The van der Waals surface area contributed by atoms with Crippen LogP contribution in [0.4, 0.5) is 22.7 Å². The molecule has 0 saturated carbocycles. The Bertz CT molecular complexity index is 3560. The maximum Gasteiger partial charge on any atom is 0.336 e. The number of aromatic hydroxyl groups is 1. The third-order valence-corrected chi connectivity index (χ3v) is 16.8. The third-order valence-electron chi connectivity index (χ3n) is 16.6. The van der Waals surface area contributed by atoms with E-state index in [9.17, 15) is 64.8 Å². The number of carbonyl (C=O) groups excluding carboxylic acids is 3. The summed E-state index contributed by atoms with van der Waals surface area (Å²) in [7, 11) is 3.93. The molecule has 0 radical (unpaired) electrons. The van der Waals surface area contributed by atoms with Crippen molar-refractivity contribution in [2.45, 2.75) is 171 Å². The molecule has 4 aromatic rings. The molecule has 10 atom stereocenters. The fourth-order valence-electron chi connectivity index (χ4n) is 11.2. The number of carboxylic acid groups (broad SMARTS) is 1. The predicted octanol–water partition coefficient (Wildman–Crippen LogP) is 8.52. The summed E-state index contributed by atoms with van der Waals surface area (Å²) in [5, 5.41) is 104. The number of aliphatic hydroxyl groups excluding tert-OH is 6. The van der Waals surface area contributed by atoms with Crippen molar-refractivity contribution in [2.75, 3.05) is 50.6 Å². The van der Waals surface area contributed by atoms with Gasteiger partial charge in [0, 0.05) is 92.0 Å². The molecule has 4 aliphatic rings. The molecule has 25 nitrogen and oxygen atoms in total. The fourth-order valence-corrected chi connectivity index (χ4v) is 11.4. The Kier molecular flexibility index (Phi) is 27.7. The third kappa shape index (κ3) is 21.5. The molecule has 11 N–H and O–H groups in total. The highest BCUT2D eigenvalue weighted by Crippen LogP contribution is 2.43. The maximum absolute atomic E-state index is 12.7. The Morgan fingerprint density at radius 1 is 0.600 bits per heavy atom. The normalized spacial score (nSPS) is 21.3. The second-order valence-corrected chi connectivity index (χ2v) is 24.5. The average molecular weight is 1340 g/mol. The zero-order valence-corrected chi connectivity index (χ0v) is 54.1. The van der Waals surface area contributed by atoms with E-state index in [0.29, 0.717) is 70.1 Å². The van der Waals surface area contributed by atoms with Gasteiger partial charge in [0.1, 0.15) is 73.0 Å². The summed E-state index contributed by atoms with van der Waals surface area (Å²) in [5.74, 6) is -2.32. The predicted molar refractivity (Wildman–Crippen MR) is 356 cm³/mol. The first-order valence-corrected chi connectivity index (χ1v) is 32.7. The lowest BCUT2D eigenvalue weighted by atomic mass is 9.90. The summed E-state index contributed by atoms with van der Waals surface area (Å²) in [4.78, 5) is 65.0. The zero-order chi connectivity index (χ0) is 68.0. The number of unbranched alkanes of at least 4 members (excludes halogenated alkanes) is 12. The van der Waals surface area contributed by atoms with E-state index in [1.54, 1.807) is 48.5 Å². The summed E-state index contributed by atoms with van der Waals surface area (Å²) >= 11 is 5.51. The number of aromatic carboxylic acids is 1. The van der Waals surface area contributed by atoms with Crippen LogP contribution in [0.3, 0.4) is 0 Å². The lowest BCUT2D eigenvalue weighted by Crippen LogP contribution is -2.60. The SMILES string of the molecule is CN(C)c1ccc(/N=N/c2ccc(C(=O)NCCCCCCCCCC(=O)OCC3O[C@H](O[C@H]4OC(COC(=O)CCCCCCCCCNC(=S)Nc5ccc(-c6c7ccc(=O)cc-7oc7cc(O)ccc67)c(C(=O)O)c5)[C@@H](O)C(O)C4O)C(O)CC(O)[C@@H]3O)cc2)cc1. The van der Waals surface area contributed by atoms with Crippen LogP contribution < -0.4 is 26.3 Å². The van der Waals surface area contributed by atoms with Gasteiger partial charge in [-0.25, -0.2) is 4.79 Å². The molecule has 1 amide bonds. The van der Waals surface area contributed by atoms with Crippen molar-refractivity contribution in [1.82, 2.24) is 10.6 Å². The van der Waals surface area contributed by atoms with Crippen LogP contribution in [-0.4, -0.2) is 172 Å². The molecule has 2 saturated heterocycles. The number of esters is 2. The molecule has 95 heavy (non-hydrogen) atoms. The number of benzene rings is 5. The standard InChI is InChI=1S/C69H86N6O19S/c1-75(2)45-26-23-43(24-27-45)74-73-42-21-19-41(20-22-42)65(86)70-33-15-11-7-3-5-9-13-17-58(80)89-39-56-61(82)52(78)38-53(79)67(92-56)94-68-64(85)63(84)62(83)57(93-68)40-90-59(81)18-14-10-6-4-8-12-16-34-71-69(95)72-44-25-30-48(51(35-44)66(87)88)60-49-31-28-46(76)36-54(49)91-55-37-47(77)29-32-50(55)60/h19-32,35-37,52-53,56-57,61-64,67-68,76,78-79,82-85H,3-18,33-34,38-40H2,1-2H3,(H,70,86)(H,87,88)(H2,71,72,95)/b74-73+/t52?,53?,56?,57?,61-,62+,63?,64?,67+,68+/m0/s1. The maximum atomic E-state index is 12.7.